The number of nitrogens with zero attached hydrogens (tertiary/aromatic N) is 2. The van der Waals surface area contributed by atoms with Crippen molar-refractivity contribution in [2.24, 2.45) is 0 Å². The van der Waals surface area contributed by atoms with Crippen LogP contribution in [0.3, 0.4) is 0 Å². The van der Waals surface area contributed by atoms with Crippen LogP contribution >= 0.6 is 0 Å². The molecule has 2 aromatic rings. The number of halogens is 1. The van der Waals surface area contributed by atoms with Gasteiger partial charge < -0.3 is 13.9 Å². The molecule has 0 spiro atoms. The van der Waals surface area contributed by atoms with Gasteiger partial charge in [0, 0.05) is 18.1 Å². The van der Waals surface area contributed by atoms with Crippen molar-refractivity contribution in [3.63, 3.8) is 0 Å². The topological polar surface area (TPSA) is 36.3 Å². The molecule has 0 saturated carbocycles. The molecule has 0 atom stereocenters. The molecule has 4 nitrogen and oxygen atoms in total. The van der Waals surface area contributed by atoms with Crippen LogP contribution in [0.15, 0.2) is 30.6 Å². The van der Waals surface area contributed by atoms with Gasteiger partial charge in [-0.2, -0.15) is 0 Å². The molecular weight excluding hydrogens is 282 g/mol. The quantitative estimate of drug-likeness (QED) is 0.800. The standard InChI is InChI=1S/C16H20BFN2O2/c1-11-19-6-7-20(11)14-9-12(8-13(18)10-14)17-21-15(2,3)16(4,5)22-17/h6-10H,1-5H3. The summed E-state index contributed by atoms with van der Waals surface area (Å²) < 4.78 is 27.9. The van der Waals surface area contributed by atoms with E-state index in [4.69, 9.17) is 9.31 Å². The average Bonchev–Trinajstić information content (AvgIpc) is 2.91. The van der Waals surface area contributed by atoms with E-state index in [-0.39, 0.29) is 5.82 Å². The van der Waals surface area contributed by atoms with E-state index in [1.54, 1.807) is 12.4 Å². The van der Waals surface area contributed by atoms with Crippen LogP contribution in [0.1, 0.15) is 33.5 Å². The maximum absolute atomic E-state index is 14.0. The predicted octanol–water partition coefficient (Wildman–Crippen LogP) is 2.62. The van der Waals surface area contributed by atoms with Crippen molar-refractivity contribution < 1.29 is 13.7 Å². The minimum absolute atomic E-state index is 0.324. The third kappa shape index (κ3) is 2.46. The fourth-order valence-electron chi connectivity index (χ4n) is 2.50. The van der Waals surface area contributed by atoms with Gasteiger partial charge in [-0.1, -0.05) is 0 Å². The highest BCUT2D eigenvalue weighted by molar-refractivity contribution is 6.62. The Bertz CT molecular complexity index is 696. The first-order valence-corrected chi connectivity index (χ1v) is 7.36. The van der Waals surface area contributed by atoms with Crippen LogP contribution in [-0.4, -0.2) is 27.9 Å². The van der Waals surface area contributed by atoms with Crippen LogP contribution in [-0.2, 0) is 9.31 Å². The summed E-state index contributed by atoms with van der Waals surface area (Å²) in [7, 11) is -0.580. The molecule has 0 aliphatic carbocycles. The van der Waals surface area contributed by atoms with Crippen LogP contribution < -0.4 is 5.46 Å². The highest BCUT2D eigenvalue weighted by atomic mass is 19.1. The van der Waals surface area contributed by atoms with E-state index in [0.717, 1.165) is 5.82 Å². The van der Waals surface area contributed by atoms with Gasteiger partial charge in [0.2, 0.25) is 0 Å². The zero-order valence-electron chi connectivity index (χ0n) is 13.6. The van der Waals surface area contributed by atoms with E-state index in [1.807, 2.05) is 45.3 Å². The molecular formula is C16H20BFN2O2. The zero-order chi connectivity index (χ0) is 16.1. The number of rotatable bonds is 2. The average molecular weight is 302 g/mol. The van der Waals surface area contributed by atoms with Crippen molar-refractivity contribution in [3.8, 4) is 5.69 Å². The normalized spacial score (nSPS) is 19.6. The maximum atomic E-state index is 14.0. The Morgan fingerprint density at radius 3 is 2.27 bits per heavy atom. The molecule has 1 aliphatic heterocycles. The summed E-state index contributed by atoms with van der Waals surface area (Å²) in [6.45, 7) is 9.79. The van der Waals surface area contributed by atoms with Crippen molar-refractivity contribution in [1.29, 1.82) is 0 Å². The number of aryl methyl sites for hydroxylation is 1. The molecule has 1 aliphatic rings. The van der Waals surface area contributed by atoms with Crippen LogP contribution in [0.4, 0.5) is 4.39 Å². The molecule has 6 heteroatoms. The van der Waals surface area contributed by atoms with Gasteiger partial charge in [0.25, 0.3) is 0 Å². The molecule has 0 radical (unpaired) electrons. The summed E-state index contributed by atoms with van der Waals surface area (Å²) in [5.74, 6) is 0.473. The predicted molar refractivity (Wildman–Crippen MR) is 84.0 cm³/mol. The molecule has 0 amide bonds. The van der Waals surface area contributed by atoms with Crippen molar-refractivity contribution >= 4 is 12.6 Å². The molecule has 1 aromatic heterocycles. The lowest BCUT2D eigenvalue weighted by Gasteiger charge is -2.32. The molecule has 2 heterocycles. The lowest BCUT2D eigenvalue weighted by molar-refractivity contribution is 0.00578. The first-order valence-electron chi connectivity index (χ1n) is 7.36. The second kappa shape index (κ2) is 4.93. The molecule has 1 saturated heterocycles. The maximum Gasteiger partial charge on any atom is 0.495 e. The summed E-state index contributed by atoms with van der Waals surface area (Å²) >= 11 is 0. The van der Waals surface area contributed by atoms with Crippen LogP contribution in [0, 0.1) is 12.7 Å². The zero-order valence-corrected chi connectivity index (χ0v) is 13.6. The highest BCUT2D eigenvalue weighted by Crippen LogP contribution is 2.36. The lowest BCUT2D eigenvalue weighted by Crippen LogP contribution is -2.41. The SMILES string of the molecule is Cc1nccn1-c1cc(F)cc(B2OC(C)(C)C(C)(C)O2)c1. The summed E-state index contributed by atoms with van der Waals surface area (Å²) in [5.41, 5.74) is 0.478. The Hall–Kier alpha value is -1.66. The Morgan fingerprint density at radius 1 is 1.09 bits per heavy atom. The molecule has 1 fully saturated rings. The van der Waals surface area contributed by atoms with Gasteiger partial charge in [0.05, 0.1) is 11.2 Å². The van der Waals surface area contributed by atoms with Gasteiger partial charge in [-0.05, 0) is 58.3 Å². The second-order valence-corrected chi connectivity index (χ2v) is 6.68. The molecule has 1 aromatic carbocycles. The first kappa shape index (κ1) is 15.2. The monoisotopic (exact) mass is 302 g/mol. The summed E-state index contributed by atoms with van der Waals surface area (Å²) in [6, 6.07) is 4.81. The lowest BCUT2D eigenvalue weighted by atomic mass is 9.79. The summed E-state index contributed by atoms with van der Waals surface area (Å²) in [5, 5.41) is 0. The minimum atomic E-state index is -0.580. The largest absolute Gasteiger partial charge is 0.495 e. The molecule has 22 heavy (non-hydrogen) atoms. The number of imidazole rings is 1. The summed E-state index contributed by atoms with van der Waals surface area (Å²) in [6.07, 6.45) is 3.49. The number of benzene rings is 1. The minimum Gasteiger partial charge on any atom is -0.399 e. The van der Waals surface area contributed by atoms with Crippen LogP contribution in [0.25, 0.3) is 5.69 Å². The second-order valence-electron chi connectivity index (χ2n) is 6.68. The number of aromatic nitrogens is 2. The van der Waals surface area contributed by atoms with Crippen molar-refractivity contribution in [3.05, 3.63) is 42.2 Å². The van der Waals surface area contributed by atoms with Gasteiger partial charge in [-0.3, -0.25) is 0 Å². The first-order chi connectivity index (χ1) is 10.2. The Labute approximate surface area is 130 Å². The van der Waals surface area contributed by atoms with Gasteiger partial charge in [-0.15, -0.1) is 0 Å². The van der Waals surface area contributed by atoms with Crippen LogP contribution in [0.2, 0.25) is 0 Å². The smallest absolute Gasteiger partial charge is 0.399 e. The fraction of sp³-hybridized carbons (Fsp3) is 0.438. The van der Waals surface area contributed by atoms with Gasteiger partial charge >= 0.3 is 7.12 Å². The summed E-state index contributed by atoms with van der Waals surface area (Å²) in [4.78, 5) is 4.17. The molecule has 3 rings (SSSR count). The van der Waals surface area contributed by atoms with Gasteiger partial charge in [-0.25, -0.2) is 9.37 Å². The fourth-order valence-corrected chi connectivity index (χ4v) is 2.50. The molecule has 0 N–H and O–H groups in total. The number of hydrogen-bond donors (Lipinski definition) is 0. The van der Waals surface area contributed by atoms with E-state index in [2.05, 4.69) is 4.98 Å². The van der Waals surface area contributed by atoms with E-state index in [0.29, 0.717) is 11.2 Å². The Balaban J connectivity index is 2.00. The third-order valence-corrected chi connectivity index (χ3v) is 4.53. The molecule has 116 valence electrons. The van der Waals surface area contributed by atoms with E-state index < -0.39 is 18.3 Å². The Morgan fingerprint density at radius 2 is 1.73 bits per heavy atom. The van der Waals surface area contributed by atoms with E-state index in [1.165, 1.54) is 12.1 Å². The van der Waals surface area contributed by atoms with E-state index >= 15 is 0 Å². The van der Waals surface area contributed by atoms with Crippen molar-refractivity contribution in [2.45, 2.75) is 45.8 Å². The highest BCUT2D eigenvalue weighted by Gasteiger charge is 2.51. The molecule has 0 bridgehead atoms. The van der Waals surface area contributed by atoms with Crippen LogP contribution in [0.5, 0.6) is 0 Å². The third-order valence-electron chi connectivity index (χ3n) is 4.53. The van der Waals surface area contributed by atoms with Gasteiger partial charge in [0.15, 0.2) is 0 Å². The van der Waals surface area contributed by atoms with E-state index in [9.17, 15) is 4.39 Å². The van der Waals surface area contributed by atoms with Gasteiger partial charge in [0.1, 0.15) is 11.6 Å². The number of hydrogen-bond acceptors (Lipinski definition) is 3. The Kier molecular flexibility index (Phi) is 3.42. The van der Waals surface area contributed by atoms with Crippen molar-refractivity contribution in [2.75, 3.05) is 0 Å². The molecule has 0 unspecified atom stereocenters. The van der Waals surface area contributed by atoms with Crippen molar-refractivity contribution in [1.82, 2.24) is 9.55 Å².